The summed E-state index contributed by atoms with van der Waals surface area (Å²) in [4.78, 5) is 12.6. The van der Waals surface area contributed by atoms with Gasteiger partial charge in [-0.1, -0.05) is 38.5 Å². The van der Waals surface area contributed by atoms with E-state index in [0.717, 1.165) is 64.2 Å². The lowest BCUT2D eigenvalue weighted by Crippen LogP contribution is -2.43. The fraction of sp³-hybridized carbons (Fsp3) is 0.941. The number of rotatable bonds is 7. The predicted octanol–water partition coefficient (Wildman–Crippen LogP) is 4.13. The van der Waals surface area contributed by atoms with Crippen LogP contribution in [0.4, 0.5) is 13.2 Å². The van der Waals surface area contributed by atoms with Crippen LogP contribution in [0.2, 0.25) is 0 Å². The highest BCUT2D eigenvalue weighted by Gasteiger charge is 2.53. The quantitative estimate of drug-likeness (QED) is 0.513. The number of halogens is 3. The van der Waals surface area contributed by atoms with Crippen LogP contribution < -0.4 is 0 Å². The number of hydrogen-bond acceptors (Lipinski definition) is 4. The van der Waals surface area contributed by atoms with E-state index in [9.17, 15) is 26.4 Å². The van der Waals surface area contributed by atoms with E-state index < -0.39 is 40.0 Å². The molecule has 0 heterocycles. The SMILES string of the molecule is O=C(OCC(F)C(F)(F)S(=O)(=O)O)C(C1CCCCC1)C1CCCCC1. The van der Waals surface area contributed by atoms with Gasteiger partial charge in [-0.05, 0) is 37.5 Å². The molecule has 152 valence electrons. The average Bonchev–Trinajstić information content (AvgIpc) is 2.60. The summed E-state index contributed by atoms with van der Waals surface area (Å²) in [6, 6.07) is 0. The molecular formula is C17H27F3O5S. The highest BCUT2D eigenvalue weighted by Crippen LogP contribution is 2.40. The zero-order chi connectivity index (χ0) is 19.4. The summed E-state index contributed by atoms with van der Waals surface area (Å²) < 4.78 is 74.6. The molecule has 0 radical (unpaired) electrons. The van der Waals surface area contributed by atoms with Gasteiger partial charge in [0.05, 0.1) is 5.92 Å². The van der Waals surface area contributed by atoms with Crippen molar-refractivity contribution in [1.82, 2.24) is 0 Å². The van der Waals surface area contributed by atoms with Crippen molar-refractivity contribution in [2.24, 2.45) is 17.8 Å². The van der Waals surface area contributed by atoms with Gasteiger partial charge in [0, 0.05) is 0 Å². The van der Waals surface area contributed by atoms with E-state index in [1.807, 2.05) is 0 Å². The Morgan fingerprint density at radius 2 is 1.42 bits per heavy atom. The molecule has 2 fully saturated rings. The number of carbonyl (C=O) groups excluding carboxylic acids is 1. The number of alkyl halides is 3. The first kappa shape index (κ1) is 21.5. The molecule has 2 aliphatic carbocycles. The van der Waals surface area contributed by atoms with Crippen LogP contribution in [0, 0.1) is 17.8 Å². The Hall–Kier alpha value is -0.830. The molecule has 2 rings (SSSR count). The van der Waals surface area contributed by atoms with E-state index in [2.05, 4.69) is 0 Å². The number of carbonyl (C=O) groups is 1. The highest BCUT2D eigenvalue weighted by molar-refractivity contribution is 7.86. The average molecular weight is 400 g/mol. The Morgan fingerprint density at radius 1 is 1.00 bits per heavy atom. The second-order valence-corrected chi connectivity index (χ2v) is 8.95. The van der Waals surface area contributed by atoms with Gasteiger partial charge in [0.25, 0.3) is 0 Å². The van der Waals surface area contributed by atoms with Crippen LogP contribution in [0.1, 0.15) is 64.2 Å². The van der Waals surface area contributed by atoms with E-state index in [4.69, 9.17) is 9.29 Å². The van der Waals surface area contributed by atoms with Crippen molar-refractivity contribution in [2.45, 2.75) is 75.6 Å². The third-order valence-corrected chi connectivity index (χ3v) is 6.61. The Kier molecular flexibility index (Phi) is 7.35. The van der Waals surface area contributed by atoms with Gasteiger partial charge < -0.3 is 4.74 Å². The van der Waals surface area contributed by atoms with Crippen LogP contribution in [0.25, 0.3) is 0 Å². The number of esters is 1. The lowest BCUT2D eigenvalue weighted by atomic mass is 9.69. The topological polar surface area (TPSA) is 80.7 Å². The molecule has 0 amide bonds. The predicted molar refractivity (Wildman–Crippen MR) is 89.0 cm³/mol. The van der Waals surface area contributed by atoms with Crippen LogP contribution >= 0.6 is 0 Å². The highest BCUT2D eigenvalue weighted by atomic mass is 32.2. The molecule has 1 atom stereocenters. The summed E-state index contributed by atoms with van der Waals surface area (Å²) in [5.74, 6) is -0.987. The molecule has 0 aromatic rings. The summed E-state index contributed by atoms with van der Waals surface area (Å²) in [5.41, 5.74) is 0. The second-order valence-electron chi connectivity index (χ2n) is 7.46. The summed E-state index contributed by atoms with van der Waals surface area (Å²) in [5, 5.41) is -5.00. The molecule has 2 aliphatic rings. The third kappa shape index (κ3) is 5.12. The summed E-state index contributed by atoms with van der Waals surface area (Å²) in [6.07, 6.45) is 6.29. The molecule has 0 saturated heterocycles. The van der Waals surface area contributed by atoms with Crippen molar-refractivity contribution in [3.63, 3.8) is 0 Å². The zero-order valence-corrected chi connectivity index (χ0v) is 15.5. The molecule has 0 aliphatic heterocycles. The normalized spacial score (nSPS) is 22.3. The monoisotopic (exact) mass is 400 g/mol. The molecule has 1 N–H and O–H groups in total. The first-order chi connectivity index (χ1) is 12.1. The van der Waals surface area contributed by atoms with Crippen molar-refractivity contribution in [3.8, 4) is 0 Å². The minimum Gasteiger partial charge on any atom is -0.462 e. The van der Waals surface area contributed by atoms with E-state index in [1.165, 1.54) is 0 Å². The first-order valence-corrected chi connectivity index (χ1v) is 10.7. The standard InChI is InChI=1S/C17H27F3O5S/c18-14(17(19,20)26(22,23)24)11-25-16(21)15(12-7-3-1-4-8-12)13-9-5-2-6-10-13/h12-15H,1-11H2,(H,22,23,24). The Balaban J connectivity index is 2.03. The van der Waals surface area contributed by atoms with E-state index in [1.54, 1.807) is 0 Å². The fourth-order valence-electron chi connectivity index (χ4n) is 4.27. The van der Waals surface area contributed by atoms with Crippen LogP contribution in [-0.4, -0.2) is 37.0 Å². The molecule has 1 unspecified atom stereocenters. The van der Waals surface area contributed by atoms with Gasteiger partial charge in [-0.25, -0.2) is 4.39 Å². The lowest BCUT2D eigenvalue weighted by Gasteiger charge is -2.36. The fourth-order valence-corrected chi connectivity index (χ4v) is 4.66. The molecule has 0 spiro atoms. The van der Waals surface area contributed by atoms with Crippen molar-refractivity contribution in [2.75, 3.05) is 6.61 Å². The molecular weight excluding hydrogens is 373 g/mol. The summed E-state index contributed by atoms with van der Waals surface area (Å²) >= 11 is 0. The maximum Gasteiger partial charge on any atom is 0.403 e. The maximum absolute atomic E-state index is 13.6. The van der Waals surface area contributed by atoms with Crippen molar-refractivity contribution in [3.05, 3.63) is 0 Å². The van der Waals surface area contributed by atoms with Gasteiger partial charge in [-0.2, -0.15) is 17.2 Å². The van der Waals surface area contributed by atoms with Crippen LogP contribution in [0.5, 0.6) is 0 Å². The summed E-state index contributed by atoms with van der Waals surface area (Å²) in [7, 11) is -5.91. The lowest BCUT2D eigenvalue weighted by molar-refractivity contribution is -0.159. The van der Waals surface area contributed by atoms with Gasteiger partial charge in [-0.3, -0.25) is 9.35 Å². The van der Waals surface area contributed by atoms with E-state index >= 15 is 0 Å². The maximum atomic E-state index is 13.6. The zero-order valence-electron chi connectivity index (χ0n) is 14.7. The Bertz CT molecular complexity index is 551. The van der Waals surface area contributed by atoms with Gasteiger partial charge in [0.1, 0.15) is 6.61 Å². The first-order valence-electron chi connectivity index (χ1n) is 9.30. The largest absolute Gasteiger partial charge is 0.462 e. The minimum atomic E-state index is -5.91. The van der Waals surface area contributed by atoms with Gasteiger partial charge >= 0.3 is 21.3 Å². The third-order valence-electron chi connectivity index (χ3n) is 5.67. The molecule has 0 bridgehead atoms. The van der Waals surface area contributed by atoms with Crippen molar-refractivity contribution < 1.29 is 35.7 Å². The molecule has 0 aromatic carbocycles. The summed E-state index contributed by atoms with van der Waals surface area (Å²) in [6.45, 7) is -1.39. The Morgan fingerprint density at radius 3 is 1.81 bits per heavy atom. The molecule has 0 aromatic heterocycles. The smallest absolute Gasteiger partial charge is 0.403 e. The number of ether oxygens (including phenoxy) is 1. The molecule has 9 heteroatoms. The van der Waals surface area contributed by atoms with Crippen LogP contribution in [-0.2, 0) is 19.6 Å². The van der Waals surface area contributed by atoms with Crippen molar-refractivity contribution >= 4 is 16.1 Å². The number of hydrogen-bond donors (Lipinski definition) is 1. The van der Waals surface area contributed by atoms with Gasteiger partial charge in [0.2, 0.25) is 6.17 Å². The Labute approximate surface area is 152 Å². The molecule has 5 nitrogen and oxygen atoms in total. The van der Waals surface area contributed by atoms with Gasteiger partial charge in [-0.15, -0.1) is 0 Å². The van der Waals surface area contributed by atoms with Crippen LogP contribution in [0.3, 0.4) is 0 Å². The second kappa shape index (κ2) is 8.91. The van der Waals surface area contributed by atoms with Crippen LogP contribution in [0.15, 0.2) is 0 Å². The minimum absolute atomic E-state index is 0.0968. The van der Waals surface area contributed by atoms with E-state index in [0.29, 0.717) is 0 Å². The van der Waals surface area contributed by atoms with Gasteiger partial charge in [0.15, 0.2) is 0 Å². The molecule has 2 saturated carbocycles. The van der Waals surface area contributed by atoms with E-state index in [-0.39, 0.29) is 11.8 Å². The molecule has 26 heavy (non-hydrogen) atoms. The van der Waals surface area contributed by atoms with Crippen molar-refractivity contribution in [1.29, 1.82) is 0 Å².